The lowest BCUT2D eigenvalue weighted by atomic mass is 10.1. The predicted molar refractivity (Wildman–Crippen MR) is 138 cm³/mol. The number of rotatable bonds is 18. The summed E-state index contributed by atoms with van der Waals surface area (Å²) in [5.74, 6) is -2.41. The van der Waals surface area contributed by atoms with Crippen LogP contribution in [0.3, 0.4) is 0 Å². The second-order valence-electron chi connectivity index (χ2n) is 8.54. The summed E-state index contributed by atoms with van der Waals surface area (Å²) in [4.78, 5) is 74.7. The van der Waals surface area contributed by atoms with E-state index in [1.807, 2.05) is 7.05 Å². The predicted octanol–water partition coefficient (Wildman–Crippen LogP) is -2.14. The molecule has 1 aliphatic heterocycles. The fraction of sp³-hybridized carbons (Fsp3) is 0.739. The fourth-order valence-electron chi connectivity index (χ4n) is 3.66. The van der Waals surface area contributed by atoms with Gasteiger partial charge in [0.05, 0.1) is 11.9 Å². The summed E-state index contributed by atoms with van der Waals surface area (Å²) in [6.45, 7) is 3.91. The first-order valence-corrected chi connectivity index (χ1v) is 13.5. The van der Waals surface area contributed by atoms with Crippen LogP contribution in [0.1, 0.15) is 46.0 Å². The molecule has 0 radical (unpaired) electrons. The van der Waals surface area contributed by atoms with Crippen LogP contribution < -0.4 is 26.6 Å². The summed E-state index contributed by atoms with van der Waals surface area (Å²) < 4.78 is 0. The van der Waals surface area contributed by atoms with E-state index < -0.39 is 41.0 Å². The number of aliphatic hydroxyl groups is 1. The molecule has 6 amide bonds. The van der Waals surface area contributed by atoms with E-state index in [1.165, 1.54) is 6.92 Å². The Hall–Kier alpha value is -2.71. The first kappa shape index (κ1) is 32.3. The molecule has 1 aliphatic rings. The zero-order valence-electron chi connectivity index (χ0n) is 21.8. The molecule has 1 heterocycles. The summed E-state index contributed by atoms with van der Waals surface area (Å²) in [5, 5.41) is 21.6. The van der Waals surface area contributed by atoms with Gasteiger partial charge >= 0.3 is 0 Å². The minimum Gasteiger partial charge on any atom is -0.395 e. The molecular weight excluding hydrogens is 504 g/mol. The van der Waals surface area contributed by atoms with Crippen molar-refractivity contribution >= 4 is 47.2 Å². The number of unbranched alkanes of at least 4 members (excludes halogenated alkanes) is 1. The van der Waals surface area contributed by atoms with Gasteiger partial charge < -0.3 is 31.7 Å². The molecule has 0 bridgehead atoms. The largest absolute Gasteiger partial charge is 0.395 e. The van der Waals surface area contributed by atoms with E-state index in [0.717, 1.165) is 29.6 Å². The van der Waals surface area contributed by atoms with E-state index in [0.29, 0.717) is 19.4 Å². The van der Waals surface area contributed by atoms with Gasteiger partial charge in [-0.05, 0) is 39.8 Å². The summed E-state index contributed by atoms with van der Waals surface area (Å²) >= 11 is 1.11. The summed E-state index contributed by atoms with van der Waals surface area (Å²) in [7, 11) is 1.82. The number of carbonyl (C=O) groups is 6. The smallest absolute Gasteiger partial charge is 0.243 e. The number of carbonyl (C=O) groups excluding carboxylic acids is 6. The first-order chi connectivity index (χ1) is 17.6. The van der Waals surface area contributed by atoms with E-state index >= 15 is 0 Å². The van der Waals surface area contributed by atoms with Crippen LogP contribution in [-0.4, -0.2) is 108 Å². The van der Waals surface area contributed by atoms with Crippen LogP contribution in [0.4, 0.5) is 0 Å². The summed E-state index contributed by atoms with van der Waals surface area (Å²) in [6.07, 6.45) is 1.69. The maximum atomic E-state index is 12.8. The molecule has 13 nitrogen and oxygen atoms in total. The highest BCUT2D eigenvalue weighted by molar-refractivity contribution is 8.00. The second kappa shape index (κ2) is 17.7. The van der Waals surface area contributed by atoms with Crippen LogP contribution in [0.5, 0.6) is 0 Å². The van der Waals surface area contributed by atoms with Gasteiger partial charge in [-0.25, -0.2) is 0 Å². The van der Waals surface area contributed by atoms with Gasteiger partial charge in [-0.2, -0.15) is 0 Å². The average molecular weight is 545 g/mol. The van der Waals surface area contributed by atoms with Gasteiger partial charge in [-0.1, -0.05) is 0 Å². The number of amides is 6. The van der Waals surface area contributed by atoms with Gasteiger partial charge in [-0.15, -0.1) is 11.8 Å². The molecule has 210 valence electrons. The van der Waals surface area contributed by atoms with E-state index in [4.69, 9.17) is 5.11 Å². The van der Waals surface area contributed by atoms with Crippen LogP contribution in [-0.2, 0) is 28.8 Å². The molecule has 37 heavy (non-hydrogen) atoms. The highest BCUT2D eigenvalue weighted by Crippen LogP contribution is 2.26. The highest BCUT2D eigenvalue weighted by Gasteiger charge is 2.39. The lowest BCUT2D eigenvalue weighted by Gasteiger charge is -2.20. The van der Waals surface area contributed by atoms with Crippen LogP contribution in [0.15, 0.2) is 0 Å². The molecule has 0 aliphatic carbocycles. The zero-order valence-corrected chi connectivity index (χ0v) is 22.6. The Morgan fingerprint density at radius 2 is 1.76 bits per heavy atom. The van der Waals surface area contributed by atoms with E-state index in [9.17, 15) is 28.8 Å². The monoisotopic (exact) mass is 544 g/mol. The zero-order chi connectivity index (χ0) is 27.8. The number of likely N-dealkylation sites (tertiary alicyclic amines) is 1. The number of nitrogens with zero attached hydrogens (tertiary/aromatic N) is 1. The van der Waals surface area contributed by atoms with Gasteiger partial charge in [0.2, 0.25) is 35.4 Å². The average Bonchev–Trinajstić information content (AvgIpc) is 3.12. The molecular formula is C23H40N6O7S. The molecule has 1 fully saturated rings. The van der Waals surface area contributed by atoms with E-state index in [2.05, 4.69) is 26.6 Å². The van der Waals surface area contributed by atoms with Gasteiger partial charge in [-0.3, -0.25) is 33.7 Å². The topological polar surface area (TPSA) is 186 Å². The van der Waals surface area contributed by atoms with E-state index in [1.54, 1.807) is 6.92 Å². The van der Waals surface area contributed by atoms with E-state index in [-0.39, 0.29) is 50.1 Å². The Labute approximate surface area is 221 Å². The molecule has 0 aromatic heterocycles. The number of imide groups is 1. The SMILES string of the molecule is CCNC(=O)C(CSC1CC(=O)N(CCC(=O)NC(CCCCNC)C(=O)NCCO)C1=O)NC(C)=O. The Morgan fingerprint density at radius 3 is 2.38 bits per heavy atom. The number of nitrogens with one attached hydrogen (secondary N) is 5. The van der Waals surface area contributed by atoms with Crippen LogP contribution in [0, 0.1) is 0 Å². The molecule has 3 unspecified atom stereocenters. The van der Waals surface area contributed by atoms with Crippen molar-refractivity contribution in [3.05, 3.63) is 0 Å². The Bertz CT molecular complexity index is 812. The number of hydrogen-bond donors (Lipinski definition) is 6. The van der Waals surface area contributed by atoms with Crippen molar-refractivity contribution in [2.24, 2.45) is 0 Å². The van der Waals surface area contributed by atoms with Gasteiger partial charge in [0.15, 0.2) is 0 Å². The molecule has 1 saturated heterocycles. The fourth-order valence-corrected chi connectivity index (χ4v) is 4.85. The van der Waals surface area contributed by atoms with Crippen LogP contribution in [0.2, 0.25) is 0 Å². The molecule has 6 N–H and O–H groups in total. The number of likely N-dealkylation sites (N-methyl/N-ethyl adjacent to an activating group) is 1. The molecule has 0 saturated carbocycles. The van der Waals surface area contributed by atoms with Crippen molar-refractivity contribution in [3.63, 3.8) is 0 Å². The van der Waals surface area contributed by atoms with Crippen molar-refractivity contribution in [2.75, 3.05) is 45.6 Å². The first-order valence-electron chi connectivity index (χ1n) is 12.5. The van der Waals surface area contributed by atoms with Crippen LogP contribution >= 0.6 is 11.8 Å². The second-order valence-corrected chi connectivity index (χ2v) is 9.78. The van der Waals surface area contributed by atoms with Crippen molar-refractivity contribution in [1.29, 1.82) is 0 Å². The third-order valence-corrected chi connectivity index (χ3v) is 6.80. The molecule has 0 aromatic carbocycles. The van der Waals surface area contributed by atoms with Crippen molar-refractivity contribution in [3.8, 4) is 0 Å². The third-order valence-electron chi connectivity index (χ3n) is 5.51. The van der Waals surface area contributed by atoms with Gasteiger partial charge in [0.25, 0.3) is 0 Å². The molecule has 1 rings (SSSR count). The quantitative estimate of drug-likeness (QED) is 0.0827. The molecule has 0 spiro atoms. The Morgan fingerprint density at radius 1 is 1.05 bits per heavy atom. The number of aliphatic hydroxyl groups excluding tert-OH is 1. The minimum absolute atomic E-state index is 0.0645. The Kier molecular flexibility index (Phi) is 15.5. The molecule has 14 heteroatoms. The summed E-state index contributed by atoms with van der Waals surface area (Å²) in [6, 6.07) is -1.63. The van der Waals surface area contributed by atoms with Crippen LogP contribution in [0.25, 0.3) is 0 Å². The maximum absolute atomic E-state index is 12.8. The molecule has 0 aromatic rings. The van der Waals surface area contributed by atoms with Gasteiger partial charge in [0.1, 0.15) is 12.1 Å². The lowest BCUT2D eigenvalue weighted by Crippen LogP contribution is -2.48. The number of hydrogen-bond acceptors (Lipinski definition) is 9. The lowest BCUT2D eigenvalue weighted by molar-refractivity contribution is -0.139. The van der Waals surface area contributed by atoms with Gasteiger partial charge in [0, 0.05) is 45.2 Å². The number of thioether (sulfide) groups is 1. The minimum atomic E-state index is -0.841. The maximum Gasteiger partial charge on any atom is 0.243 e. The normalized spacial score (nSPS) is 16.8. The molecule has 3 atom stereocenters. The Balaban J connectivity index is 2.64. The summed E-state index contributed by atoms with van der Waals surface area (Å²) in [5.41, 5.74) is 0. The van der Waals surface area contributed by atoms with Crippen molar-refractivity contribution < 1.29 is 33.9 Å². The highest BCUT2D eigenvalue weighted by atomic mass is 32.2. The van der Waals surface area contributed by atoms with Crippen molar-refractivity contribution in [1.82, 2.24) is 31.5 Å². The third kappa shape index (κ3) is 11.9. The standard InChI is InChI=1S/C23H40N6O7S/c1-4-25-22(35)17(27-15(2)31)14-37-18-13-20(33)29(23(18)36)11-8-19(32)28-16(7-5-6-9-24-3)21(34)26-10-12-30/h16-18,24,30H,4-14H2,1-3H3,(H,25,35)(H,26,34)(H,27,31)(H,28,32). The van der Waals surface area contributed by atoms with Crippen molar-refractivity contribution in [2.45, 2.75) is 63.3 Å².